The van der Waals surface area contributed by atoms with Crippen LogP contribution in [0.3, 0.4) is 0 Å². The molecule has 1 aromatic heterocycles. The van der Waals surface area contributed by atoms with Crippen LogP contribution >= 0.6 is 0 Å². The number of benzene rings is 1. The molecule has 3 nitrogen and oxygen atoms in total. The van der Waals surface area contributed by atoms with Crippen LogP contribution in [0.15, 0.2) is 66.8 Å². The van der Waals surface area contributed by atoms with E-state index in [2.05, 4.69) is 88.5 Å². The molecular weight excluding hydrogens is 390 g/mol. The Morgan fingerprint density at radius 3 is 2.62 bits per heavy atom. The topological polar surface area (TPSA) is 28.2 Å². The first-order valence-corrected chi connectivity index (χ1v) is 12.0. The van der Waals surface area contributed by atoms with Gasteiger partial charge in [-0.25, -0.2) is 4.98 Å². The zero-order chi connectivity index (χ0) is 23.3. The van der Waals surface area contributed by atoms with Crippen molar-refractivity contribution in [1.82, 2.24) is 15.2 Å². The SMILES string of the molecule is C=C/C(CCC)=C(\C=C1\c2nc3ccccc3c(CCNC(C)C)c2CN1C)C(C)C=C. The number of pyridine rings is 1. The van der Waals surface area contributed by atoms with Crippen molar-refractivity contribution in [1.29, 1.82) is 0 Å². The van der Waals surface area contributed by atoms with Crippen molar-refractivity contribution in [2.45, 2.75) is 59.5 Å². The molecule has 0 radical (unpaired) electrons. The average Bonchev–Trinajstić information content (AvgIpc) is 3.09. The number of para-hydroxylation sites is 1. The van der Waals surface area contributed by atoms with Gasteiger partial charge in [0.25, 0.3) is 0 Å². The van der Waals surface area contributed by atoms with E-state index in [9.17, 15) is 0 Å². The molecule has 32 heavy (non-hydrogen) atoms. The number of rotatable bonds is 10. The van der Waals surface area contributed by atoms with Crippen molar-refractivity contribution >= 4 is 16.6 Å². The van der Waals surface area contributed by atoms with E-state index in [0.29, 0.717) is 6.04 Å². The van der Waals surface area contributed by atoms with Gasteiger partial charge in [0.1, 0.15) is 0 Å². The molecule has 0 spiro atoms. The van der Waals surface area contributed by atoms with Crippen LogP contribution in [0, 0.1) is 5.92 Å². The maximum Gasteiger partial charge on any atom is 0.0923 e. The minimum Gasteiger partial charge on any atom is -0.368 e. The maximum atomic E-state index is 5.16. The fourth-order valence-electron chi connectivity index (χ4n) is 4.58. The molecule has 3 heteroatoms. The summed E-state index contributed by atoms with van der Waals surface area (Å²) < 4.78 is 0. The monoisotopic (exact) mass is 429 g/mol. The van der Waals surface area contributed by atoms with Gasteiger partial charge in [-0.1, -0.05) is 71.0 Å². The zero-order valence-electron chi connectivity index (χ0n) is 20.5. The summed E-state index contributed by atoms with van der Waals surface area (Å²) in [5.74, 6) is 0.259. The van der Waals surface area contributed by atoms with E-state index in [1.165, 1.54) is 33.4 Å². The van der Waals surface area contributed by atoms with Crippen molar-refractivity contribution in [2.75, 3.05) is 13.6 Å². The van der Waals surface area contributed by atoms with Gasteiger partial charge in [-0.15, -0.1) is 6.58 Å². The van der Waals surface area contributed by atoms with Gasteiger partial charge in [0, 0.05) is 30.6 Å². The molecule has 2 aromatic rings. The molecule has 2 heterocycles. The molecule has 0 saturated heterocycles. The Morgan fingerprint density at radius 2 is 1.97 bits per heavy atom. The molecule has 1 aliphatic heterocycles. The molecule has 1 atom stereocenters. The summed E-state index contributed by atoms with van der Waals surface area (Å²) in [6, 6.07) is 9.05. The molecule has 0 amide bonds. The van der Waals surface area contributed by atoms with Crippen LogP contribution in [0.25, 0.3) is 16.6 Å². The normalized spacial score (nSPS) is 16.4. The Kier molecular flexibility index (Phi) is 8.09. The number of hydrogen-bond donors (Lipinski definition) is 1. The van der Waals surface area contributed by atoms with Crippen LogP contribution in [0.4, 0.5) is 0 Å². The van der Waals surface area contributed by atoms with Gasteiger partial charge in [-0.2, -0.15) is 0 Å². The summed E-state index contributed by atoms with van der Waals surface area (Å²) >= 11 is 0. The number of hydrogen-bond acceptors (Lipinski definition) is 3. The highest BCUT2D eigenvalue weighted by atomic mass is 15.1. The van der Waals surface area contributed by atoms with Crippen LogP contribution in [0.5, 0.6) is 0 Å². The van der Waals surface area contributed by atoms with Gasteiger partial charge in [0.15, 0.2) is 0 Å². The predicted molar refractivity (Wildman–Crippen MR) is 140 cm³/mol. The van der Waals surface area contributed by atoms with Crippen LogP contribution in [-0.2, 0) is 13.0 Å². The van der Waals surface area contributed by atoms with Gasteiger partial charge in [-0.05, 0) is 54.2 Å². The summed E-state index contributed by atoms with van der Waals surface area (Å²) in [5.41, 5.74) is 8.79. The Hall–Kier alpha value is -2.65. The van der Waals surface area contributed by atoms with Gasteiger partial charge in [-0.3, -0.25) is 0 Å². The third kappa shape index (κ3) is 5.05. The number of nitrogens with one attached hydrogen (secondary N) is 1. The minimum atomic E-state index is 0.259. The molecule has 1 N–H and O–H groups in total. The smallest absolute Gasteiger partial charge is 0.0923 e. The molecule has 1 unspecified atom stereocenters. The summed E-state index contributed by atoms with van der Waals surface area (Å²) in [4.78, 5) is 7.50. The third-order valence-corrected chi connectivity index (χ3v) is 6.36. The van der Waals surface area contributed by atoms with E-state index in [1.54, 1.807) is 0 Å². The predicted octanol–water partition coefficient (Wildman–Crippen LogP) is 6.67. The van der Waals surface area contributed by atoms with Crippen molar-refractivity contribution in [3.63, 3.8) is 0 Å². The fourth-order valence-corrected chi connectivity index (χ4v) is 4.58. The summed E-state index contributed by atoms with van der Waals surface area (Å²) in [6.45, 7) is 18.9. The molecule has 3 rings (SSSR count). The van der Waals surface area contributed by atoms with E-state index in [0.717, 1.165) is 43.6 Å². The molecule has 0 fully saturated rings. The molecule has 0 aliphatic carbocycles. The second-order valence-electron chi connectivity index (χ2n) is 9.14. The van der Waals surface area contributed by atoms with Crippen LogP contribution in [-0.4, -0.2) is 29.5 Å². The Bertz CT molecular complexity index is 1040. The number of fused-ring (bicyclic) bond motifs is 2. The maximum absolute atomic E-state index is 5.16. The second kappa shape index (κ2) is 10.8. The largest absolute Gasteiger partial charge is 0.368 e. The van der Waals surface area contributed by atoms with Crippen molar-refractivity contribution in [2.24, 2.45) is 5.92 Å². The first kappa shape index (κ1) is 24.0. The Balaban J connectivity index is 2.18. The van der Waals surface area contributed by atoms with E-state index >= 15 is 0 Å². The van der Waals surface area contributed by atoms with Crippen LogP contribution in [0.1, 0.15) is 57.4 Å². The standard InChI is InChI=1S/C29H39N3/c1-8-13-22(10-3)25(21(6)9-2)18-28-29-26(19-32(28)7)23(16-17-30-20(4)5)24-14-11-12-15-27(24)31-29/h9-12,14-15,18,20-21,30H,2-3,8,13,16-17,19H2,1,4-7H3/b25-22-,28-18-. The first-order valence-electron chi connectivity index (χ1n) is 12.0. The lowest BCUT2D eigenvalue weighted by Gasteiger charge is -2.18. The highest BCUT2D eigenvalue weighted by molar-refractivity contribution is 5.87. The molecule has 1 aromatic carbocycles. The Labute approximate surface area is 194 Å². The van der Waals surface area contributed by atoms with E-state index < -0.39 is 0 Å². The molecule has 0 bridgehead atoms. The van der Waals surface area contributed by atoms with Gasteiger partial charge < -0.3 is 10.2 Å². The Morgan fingerprint density at radius 1 is 1.22 bits per heavy atom. The molecular formula is C29H39N3. The van der Waals surface area contributed by atoms with Crippen LogP contribution < -0.4 is 5.32 Å². The highest BCUT2D eigenvalue weighted by Gasteiger charge is 2.27. The summed E-state index contributed by atoms with van der Waals surface area (Å²) in [6.07, 6.45) is 9.50. The van der Waals surface area contributed by atoms with Gasteiger partial charge in [0.2, 0.25) is 0 Å². The molecule has 1 aliphatic rings. The van der Waals surface area contributed by atoms with E-state index in [1.807, 2.05) is 12.2 Å². The molecule has 170 valence electrons. The van der Waals surface area contributed by atoms with E-state index in [-0.39, 0.29) is 5.92 Å². The van der Waals surface area contributed by atoms with E-state index in [4.69, 9.17) is 4.98 Å². The zero-order valence-corrected chi connectivity index (χ0v) is 20.5. The second-order valence-corrected chi connectivity index (χ2v) is 9.14. The number of aromatic nitrogens is 1. The minimum absolute atomic E-state index is 0.259. The van der Waals surface area contributed by atoms with Gasteiger partial charge in [0.05, 0.1) is 16.9 Å². The lowest BCUT2D eigenvalue weighted by Crippen LogP contribution is -2.25. The first-order chi connectivity index (χ1) is 15.4. The van der Waals surface area contributed by atoms with Gasteiger partial charge >= 0.3 is 0 Å². The summed E-state index contributed by atoms with van der Waals surface area (Å²) in [7, 11) is 2.18. The van der Waals surface area contributed by atoms with Crippen molar-refractivity contribution in [3.8, 4) is 0 Å². The lowest BCUT2D eigenvalue weighted by molar-refractivity contribution is 0.497. The quantitative estimate of drug-likeness (QED) is 0.338. The average molecular weight is 430 g/mol. The van der Waals surface area contributed by atoms with Crippen molar-refractivity contribution in [3.05, 3.63) is 83.6 Å². The fraction of sp³-hybridized carbons (Fsp3) is 0.414. The number of allylic oxidation sites excluding steroid dienone is 5. The lowest BCUT2D eigenvalue weighted by atomic mass is 9.91. The number of nitrogens with zero attached hydrogens (tertiary/aromatic N) is 2. The van der Waals surface area contributed by atoms with Crippen molar-refractivity contribution < 1.29 is 0 Å². The van der Waals surface area contributed by atoms with Crippen LogP contribution in [0.2, 0.25) is 0 Å². The molecule has 0 saturated carbocycles. The summed E-state index contributed by atoms with van der Waals surface area (Å²) in [5, 5.41) is 4.86. The highest BCUT2D eigenvalue weighted by Crippen LogP contribution is 2.38. The third-order valence-electron chi connectivity index (χ3n) is 6.36.